The lowest BCUT2D eigenvalue weighted by atomic mass is 9.94. The first-order valence-corrected chi connectivity index (χ1v) is 12.9. The van der Waals surface area contributed by atoms with Gasteiger partial charge in [0.15, 0.2) is 0 Å². The van der Waals surface area contributed by atoms with Crippen LogP contribution in [-0.4, -0.2) is 51.1 Å². The minimum atomic E-state index is -1.06. The quantitative estimate of drug-likeness (QED) is 0.471. The van der Waals surface area contributed by atoms with Gasteiger partial charge in [-0.1, -0.05) is 45.4 Å². The Morgan fingerprint density at radius 3 is 2.22 bits per heavy atom. The van der Waals surface area contributed by atoms with Crippen molar-refractivity contribution in [2.45, 2.75) is 111 Å². The van der Waals surface area contributed by atoms with Gasteiger partial charge in [-0.2, -0.15) is 0 Å². The molecular weight excluding hydrogens is 458 g/mol. The number of hydrogen-bond acceptors (Lipinski definition) is 5. The zero-order valence-corrected chi connectivity index (χ0v) is 23.6. The predicted molar refractivity (Wildman–Crippen MR) is 141 cm³/mol. The van der Waals surface area contributed by atoms with Crippen LogP contribution in [0.15, 0.2) is 18.2 Å². The molecule has 0 heterocycles. The minimum absolute atomic E-state index is 0.0159. The van der Waals surface area contributed by atoms with Gasteiger partial charge < -0.3 is 25.4 Å². The van der Waals surface area contributed by atoms with Crippen LogP contribution in [0.3, 0.4) is 0 Å². The van der Waals surface area contributed by atoms with Gasteiger partial charge in [0.25, 0.3) is 0 Å². The molecule has 36 heavy (non-hydrogen) atoms. The lowest BCUT2D eigenvalue weighted by Crippen LogP contribution is -2.57. The number of aryl methyl sites for hydroxylation is 1. The second-order valence-electron chi connectivity index (χ2n) is 12.2. The molecule has 5 atom stereocenters. The van der Waals surface area contributed by atoms with Crippen molar-refractivity contribution >= 4 is 17.9 Å². The Bertz CT molecular complexity index is 963. The number of phenols is 1. The van der Waals surface area contributed by atoms with Crippen LogP contribution in [0.2, 0.25) is 0 Å². The summed E-state index contributed by atoms with van der Waals surface area (Å²) in [5.74, 6) is -0.780. The standard InChI is InChI=1S/C28H45N3O5/c1-11-16(2)21(29-26(35)36-28(8,9)10)25(34)31(20-15-18(20)4)22(24(33)30-27(5,6)7)19-14-12-13-17(3)23(19)32/h12-14,16,18,20-22,32H,11,15H2,1-10H3,(H,29,35)(H,30,33). The number of nitrogens with zero attached hydrogens (tertiary/aromatic N) is 1. The van der Waals surface area contributed by atoms with E-state index in [-0.39, 0.29) is 35.4 Å². The summed E-state index contributed by atoms with van der Waals surface area (Å²) in [5.41, 5.74) is -0.295. The van der Waals surface area contributed by atoms with Crippen LogP contribution in [0, 0.1) is 18.8 Å². The fourth-order valence-corrected chi connectivity index (χ4v) is 4.21. The number of amides is 3. The number of para-hydroxylation sites is 1. The van der Waals surface area contributed by atoms with Crippen LogP contribution < -0.4 is 10.6 Å². The Balaban J connectivity index is 2.60. The maximum atomic E-state index is 14.2. The maximum absolute atomic E-state index is 14.2. The SMILES string of the molecule is CCC(C)C(NC(=O)OC(C)(C)C)C(=O)N(C(C(=O)NC(C)(C)C)c1cccc(C)c1O)C1CC1C. The Morgan fingerprint density at radius 1 is 1.17 bits per heavy atom. The normalized spacial score (nSPS) is 20.1. The van der Waals surface area contributed by atoms with E-state index in [2.05, 4.69) is 10.6 Å². The Morgan fingerprint density at radius 2 is 1.75 bits per heavy atom. The van der Waals surface area contributed by atoms with Gasteiger partial charge in [-0.3, -0.25) is 9.59 Å². The van der Waals surface area contributed by atoms with Gasteiger partial charge in [0.1, 0.15) is 23.4 Å². The van der Waals surface area contributed by atoms with Crippen LogP contribution in [0.5, 0.6) is 5.75 Å². The molecule has 8 nitrogen and oxygen atoms in total. The van der Waals surface area contributed by atoms with Gasteiger partial charge in [-0.15, -0.1) is 0 Å². The summed E-state index contributed by atoms with van der Waals surface area (Å²) in [6.07, 6.45) is 0.686. The highest BCUT2D eigenvalue weighted by Gasteiger charge is 2.49. The summed E-state index contributed by atoms with van der Waals surface area (Å²) in [6, 6.07) is 3.07. The molecule has 0 spiro atoms. The highest BCUT2D eigenvalue weighted by atomic mass is 16.6. The van der Waals surface area contributed by atoms with Crippen molar-refractivity contribution in [3.05, 3.63) is 29.3 Å². The predicted octanol–water partition coefficient (Wildman–Crippen LogP) is 4.83. The van der Waals surface area contributed by atoms with E-state index in [0.717, 1.165) is 6.42 Å². The summed E-state index contributed by atoms with van der Waals surface area (Å²) < 4.78 is 5.44. The highest BCUT2D eigenvalue weighted by molar-refractivity contribution is 5.93. The monoisotopic (exact) mass is 503 g/mol. The third kappa shape index (κ3) is 7.61. The first-order valence-electron chi connectivity index (χ1n) is 12.9. The van der Waals surface area contributed by atoms with Crippen molar-refractivity contribution < 1.29 is 24.2 Å². The zero-order valence-electron chi connectivity index (χ0n) is 23.6. The molecule has 0 saturated heterocycles. The Labute approximate surface area is 216 Å². The van der Waals surface area contributed by atoms with E-state index in [1.54, 1.807) is 50.8 Å². The van der Waals surface area contributed by atoms with Crippen molar-refractivity contribution in [3.63, 3.8) is 0 Å². The molecule has 0 aromatic heterocycles. The molecule has 1 aliphatic carbocycles. The number of alkyl carbamates (subject to hydrolysis) is 1. The van der Waals surface area contributed by atoms with Crippen molar-refractivity contribution in [2.75, 3.05) is 0 Å². The number of rotatable bonds is 8. The Hall–Kier alpha value is -2.77. The van der Waals surface area contributed by atoms with Gasteiger partial charge in [0.05, 0.1) is 0 Å². The topological polar surface area (TPSA) is 108 Å². The molecule has 0 aliphatic heterocycles. The molecule has 0 bridgehead atoms. The number of benzene rings is 1. The van der Waals surface area contributed by atoms with E-state index in [0.29, 0.717) is 17.5 Å². The molecule has 3 amide bonds. The van der Waals surface area contributed by atoms with Gasteiger partial charge >= 0.3 is 6.09 Å². The number of ether oxygens (including phenoxy) is 1. The molecule has 202 valence electrons. The molecule has 1 fully saturated rings. The second kappa shape index (κ2) is 11.1. The van der Waals surface area contributed by atoms with E-state index in [4.69, 9.17) is 4.74 Å². The average molecular weight is 504 g/mol. The summed E-state index contributed by atoms with van der Waals surface area (Å²) >= 11 is 0. The highest BCUT2D eigenvalue weighted by Crippen LogP contribution is 2.43. The van der Waals surface area contributed by atoms with Crippen molar-refractivity contribution in [1.29, 1.82) is 0 Å². The van der Waals surface area contributed by atoms with Gasteiger partial charge in [0, 0.05) is 17.1 Å². The summed E-state index contributed by atoms with van der Waals surface area (Å²) in [5, 5.41) is 16.7. The molecule has 1 aromatic rings. The first kappa shape index (κ1) is 29.5. The van der Waals surface area contributed by atoms with Crippen molar-refractivity contribution in [2.24, 2.45) is 11.8 Å². The fraction of sp³-hybridized carbons (Fsp3) is 0.679. The van der Waals surface area contributed by atoms with E-state index in [1.807, 2.05) is 41.5 Å². The smallest absolute Gasteiger partial charge is 0.408 e. The minimum Gasteiger partial charge on any atom is -0.507 e. The van der Waals surface area contributed by atoms with E-state index in [1.165, 1.54) is 0 Å². The van der Waals surface area contributed by atoms with Crippen LogP contribution >= 0.6 is 0 Å². The van der Waals surface area contributed by atoms with E-state index >= 15 is 0 Å². The number of carbonyl (C=O) groups is 3. The van der Waals surface area contributed by atoms with Crippen molar-refractivity contribution in [1.82, 2.24) is 15.5 Å². The summed E-state index contributed by atoms with van der Waals surface area (Å²) in [4.78, 5) is 42.3. The van der Waals surface area contributed by atoms with Crippen LogP contribution in [0.1, 0.15) is 92.3 Å². The molecular formula is C28H45N3O5. The number of aromatic hydroxyl groups is 1. The molecule has 1 aliphatic rings. The lowest BCUT2D eigenvalue weighted by molar-refractivity contribution is -0.145. The molecule has 1 aromatic carbocycles. The van der Waals surface area contributed by atoms with Gasteiger partial charge in [0.2, 0.25) is 11.8 Å². The zero-order chi connectivity index (χ0) is 27.6. The first-order chi connectivity index (χ1) is 16.5. The number of hydrogen-bond donors (Lipinski definition) is 3. The molecule has 1 saturated carbocycles. The van der Waals surface area contributed by atoms with Crippen molar-refractivity contribution in [3.8, 4) is 5.75 Å². The summed E-state index contributed by atoms with van der Waals surface area (Å²) in [7, 11) is 0. The van der Waals surface area contributed by atoms with E-state index in [9.17, 15) is 19.5 Å². The molecule has 0 radical (unpaired) electrons. The molecule has 5 unspecified atom stereocenters. The van der Waals surface area contributed by atoms with E-state index < -0.39 is 29.3 Å². The third-order valence-corrected chi connectivity index (χ3v) is 6.42. The van der Waals surface area contributed by atoms with Gasteiger partial charge in [-0.05, 0) is 72.3 Å². The largest absolute Gasteiger partial charge is 0.507 e. The maximum Gasteiger partial charge on any atom is 0.408 e. The Kier molecular flexibility index (Phi) is 9.08. The van der Waals surface area contributed by atoms with Crippen LogP contribution in [-0.2, 0) is 14.3 Å². The average Bonchev–Trinajstić information content (AvgIpc) is 3.44. The van der Waals surface area contributed by atoms with Crippen LogP contribution in [0.4, 0.5) is 4.79 Å². The summed E-state index contributed by atoms with van der Waals surface area (Å²) in [6.45, 7) is 18.5. The lowest BCUT2D eigenvalue weighted by Gasteiger charge is -2.38. The number of nitrogens with one attached hydrogen (secondary N) is 2. The van der Waals surface area contributed by atoms with Gasteiger partial charge in [-0.25, -0.2) is 4.79 Å². The number of phenolic OH excluding ortho intramolecular Hbond substituents is 1. The fourth-order valence-electron chi connectivity index (χ4n) is 4.21. The van der Waals surface area contributed by atoms with Crippen LogP contribution in [0.25, 0.3) is 0 Å². The number of carbonyl (C=O) groups excluding carboxylic acids is 3. The second-order valence-corrected chi connectivity index (χ2v) is 12.2. The third-order valence-electron chi connectivity index (χ3n) is 6.42. The molecule has 2 rings (SSSR count). The molecule has 8 heteroatoms. The molecule has 3 N–H and O–H groups in total.